The molecule has 1 aliphatic heterocycles. The largest absolute Gasteiger partial charge is 0.366 e. The van der Waals surface area contributed by atoms with Crippen LogP contribution in [0.25, 0.3) is 5.65 Å². The monoisotopic (exact) mass is 428 g/mol. The standard InChI is InChI=1S/C25H33BN6/c1-16-22(9-19-11-25(16,19)2)31-8-4-6-18(15-31)21-10-23(28-13-17-5-3-7-27-12-17)32-24(30-21)20(26)14-29-32/h3,5,7,10,12,14,16,18-19,22,28H,4,6,8-9,11,13,15,26H2,1-2H3/t16-,18?,19-,22?,25?/m1/s1. The Morgan fingerprint density at radius 2 is 2.22 bits per heavy atom. The van der Waals surface area contributed by atoms with Crippen LogP contribution >= 0.6 is 0 Å². The third-order valence-corrected chi connectivity index (χ3v) is 8.81. The molecule has 166 valence electrons. The summed E-state index contributed by atoms with van der Waals surface area (Å²) in [4.78, 5) is 12.2. The third-order valence-electron chi connectivity index (χ3n) is 8.81. The van der Waals surface area contributed by atoms with Crippen LogP contribution in [0.4, 0.5) is 5.82 Å². The second kappa shape index (κ2) is 7.58. The van der Waals surface area contributed by atoms with Gasteiger partial charge in [0.1, 0.15) is 13.7 Å². The van der Waals surface area contributed by atoms with Gasteiger partial charge in [-0.25, -0.2) is 4.98 Å². The highest BCUT2D eigenvalue weighted by molar-refractivity contribution is 6.36. The Morgan fingerprint density at radius 3 is 3.00 bits per heavy atom. The highest BCUT2D eigenvalue weighted by Crippen LogP contribution is 2.67. The molecular weight excluding hydrogens is 395 g/mol. The second-order valence-corrected chi connectivity index (χ2v) is 10.7. The predicted molar refractivity (Wildman–Crippen MR) is 130 cm³/mol. The summed E-state index contributed by atoms with van der Waals surface area (Å²) in [5.74, 6) is 3.28. The fourth-order valence-corrected chi connectivity index (χ4v) is 6.45. The number of aromatic nitrogens is 4. The average Bonchev–Trinajstić information content (AvgIpc) is 3.23. The Morgan fingerprint density at radius 1 is 1.31 bits per heavy atom. The molecule has 6 rings (SSSR count). The predicted octanol–water partition coefficient (Wildman–Crippen LogP) is 2.61. The van der Waals surface area contributed by atoms with E-state index in [0.717, 1.165) is 53.5 Å². The molecule has 1 saturated heterocycles. The van der Waals surface area contributed by atoms with Gasteiger partial charge in [0.2, 0.25) is 0 Å². The minimum atomic E-state index is 0.485. The highest BCUT2D eigenvalue weighted by Gasteiger charge is 2.62. The van der Waals surface area contributed by atoms with E-state index in [-0.39, 0.29) is 0 Å². The molecule has 4 heterocycles. The van der Waals surface area contributed by atoms with E-state index in [0.29, 0.717) is 11.3 Å². The molecule has 5 atom stereocenters. The third kappa shape index (κ3) is 3.33. The first-order chi connectivity index (χ1) is 15.5. The molecule has 2 saturated carbocycles. The van der Waals surface area contributed by atoms with Crippen molar-refractivity contribution >= 4 is 24.8 Å². The number of nitrogens with zero attached hydrogens (tertiary/aromatic N) is 5. The fraction of sp³-hybridized carbons (Fsp3) is 0.560. The lowest BCUT2D eigenvalue weighted by molar-refractivity contribution is 0.102. The zero-order valence-electron chi connectivity index (χ0n) is 19.5. The zero-order valence-corrected chi connectivity index (χ0v) is 19.5. The Balaban J connectivity index is 1.26. The quantitative estimate of drug-likeness (QED) is 0.634. The van der Waals surface area contributed by atoms with Crippen molar-refractivity contribution in [3.05, 3.63) is 48.0 Å². The smallest absolute Gasteiger partial charge is 0.151 e. The number of rotatable bonds is 5. The molecule has 0 bridgehead atoms. The second-order valence-electron chi connectivity index (χ2n) is 10.7. The molecule has 0 radical (unpaired) electrons. The Hall–Kier alpha value is -2.41. The Kier molecular flexibility index (Phi) is 4.79. The van der Waals surface area contributed by atoms with E-state index in [2.05, 4.69) is 54.1 Å². The van der Waals surface area contributed by atoms with Crippen LogP contribution in [0.1, 0.15) is 56.7 Å². The fourth-order valence-electron chi connectivity index (χ4n) is 6.45. The van der Waals surface area contributed by atoms with Gasteiger partial charge in [-0.2, -0.15) is 9.61 Å². The van der Waals surface area contributed by atoms with E-state index < -0.39 is 0 Å². The first kappa shape index (κ1) is 20.2. The van der Waals surface area contributed by atoms with Crippen molar-refractivity contribution in [1.29, 1.82) is 0 Å². The summed E-state index contributed by atoms with van der Waals surface area (Å²) in [6, 6.07) is 7.07. The molecule has 7 heteroatoms. The lowest BCUT2D eigenvalue weighted by Crippen LogP contribution is -2.45. The van der Waals surface area contributed by atoms with Crippen molar-refractivity contribution in [3.8, 4) is 0 Å². The maximum absolute atomic E-state index is 5.11. The van der Waals surface area contributed by atoms with Gasteiger partial charge in [-0.3, -0.25) is 9.88 Å². The molecule has 2 aliphatic carbocycles. The first-order valence-corrected chi connectivity index (χ1v) is 12.2. The van der Waals surface area contributed by atoms with Crippen LogP contribution in [-0.4, -0.2) is 51.5 Å². The summed E-state index contributed by atoms with van der Waals surface area (Å²) in [6.45, 7) is 8.12. The van der Waals surface area contributed by atoms with Gasteiger partial charge < -0.3 is 5.32 Å². The molecule has 3 aromatic rings. The van der Waals surface area contributed by atoms with Gasteiger partial charge >= 0.3 is 0 Å². The Bertz CT molecular complexity index is 1130. The van der Waals surface area contributed by atoms with Crippen molar-refractivity contribution in [2.24, 2.45) is 17.3 Å². The van der Waals surface area contributed by atoms with Gasteiger partial charge in [0.15, 0.2) is 5.65 Å². The minimum Gasteiger partial charge on any atom is -0.366 e. The number of anilines is 1. The highest BCUT2D eigenvalue weighted by atomic mass is 15.3. The van der Waals surface area contributed by atoms with Crippen LogP contribution < -0.4 is 10.8 Å². The van der Waals surface area contributed by atoms with Crippen molar-refractivity contribution in [1.82, 2.24) is 24.5 Å². The number of likely N-dealkylation sites (tertiary alicyclic amines) is 1. The summed E-state index contributed by atoms with van der Waals surface area (Å²) in [6.07, 6.45) is 11.0. The van der Waals surface area contributed by atoms with Gasteiger partial charge in [0.05, 0.1) is 5.69 Å². The van der Waals surface area contributed by atoms with Gasteiger partial charge in [-0.1, -0.05) is 19.9 Å². The van der Waals surface area contributed by atoms with Crippen LogP contribution in [0, 0.1) is 17.3 Å². The van der Waals surface area contributed by atoms with Crippen molar-refractivity contribution in [3.63, 3.8) is 0 Å². The molecule has 32 heavy (non-hydrogen) atoms. The van der Waals surface area contributed by atoms with Crippen LogP contribution in [0.2, 0.25) is 0 Å². The Labute approximate surface area is 191 Å². The van der Waals surface area contributed by atoms with Gasteiger partial charge in [0, 0.05) is 49.7 Å². The van der Waals surface area contributed by atoms with Crippen LogP contribution in [0.3, 0.4) is 0 Å². The lowest BCUT2D eigenvalue weighted by atomic mass is 9.87. The molecule has 0 aromatic carbocycles. The molecular formula is C25H33BN6. The topological polar surface area (TPSA) is 58.4 Å². The van der Waals surface area contributed by atoms with Crippen LogP contribution in [0.15, 0.2) is 36.8 Å². The van der Waals surface area contributed by atoms with E-state index in [1.807, 2.05) is 29.2 Å². The van der Waals surface area contributed by atoms with E-state index >= 15 is 0 Å². The maximum atomic E-state index is 5.11. The SMILES string of the molecule is Bc1cnn2c(NCc3cccnc3)cc(C3CCCN(C4C[C@@H]5CC5(C)[C@@H]4C)C3)nc12. The van der Waals surface area contributed by atoms with E-state index in [1.54, 1.807) is 0 Å². The molecule has 1 N–H and O–H groups in total. The number of nitrogens with one attached hydrogen (secondary N) is 1. The minimum absolute atomic E-state index is 0.485. The van der Waals surface area contributed by atoms with E-state index in [9.17, 15) is 0 Å². The molecule has 3 unspecified atom stereocenters. The molecule has 0 amide bonds. The molecule has 3 aliphatic rings. The molecule has 3 aromatic heterocycles. The number of pyridine rings is 1. The van der Waals surface area contributed by atoms with Crippen molar-refractivity contribution in [2.75, 3.05) is 18.4 Å². The summed E-state index contributed by atoms with van der Waals surface area (Å²) in [7, 11) is 2.10. The zero-order chi connectivity index (χ0) is 21.9. The van der Waals surface area contributed by atoms with Gasteiger partial charge in [-0.15, -0.1) is 0 Å². The summed E-state index contributed by atoms with van der Waals surface area (Å²) >= 11 is 0. The molecule has 0 spiro atoms. The van der Waals surface area contributed by atoms with Gasteiger partial charge in [0.25, 0.3) is 0 Å². The molecule has 3 fully saturated rings. The summed E-state index contributed by atoms with van der Waals surface area (Å²) < 4.78 is 1.95. The van der Waals surface area contributed by atoms with Crippen molar-refractivity contribution in [2.45, 2.75) is 58.0 Å². The number of hydrogen-bond donors (Lipinski definition) is 1. The van der Waals surface area contributed by atoms with Gasteiger partial charge in [-0.05, 0) is 66.6 Å². The normalized spacial score (nSPS) is 32.2. The average molecular weight is 428 g/mol. The number of piperidine rings is 1. The van der Waals surface area contributed by atoms with Crippen LogP contribution in [-0.2, 0) is 6.54 Å². The van der Waals surface area contributed by atoms with E-state index in [4.69, 9.17) is 4.98 Å². The summed E-state index contributed by atoms with van der Waals surface area (Å²) in [5, 5.41) is 8.18. The van der Waals surface area contributed by atoms with E-state index in [1.165, 1.54) is 37.9 Å². The maximum Gasteiger partial charge on any atom is 0.151 e. The number of hydrogen-bond acceptors (Lipinski definition) is 5. The van der Waals surface area contributed by atoms with Crippen molar-refractivity contribution < 1.29 is 0 Å². The summed E-state index contributed by atoms with van der Waals surface area (Å²) in [5.41, 5.74) is 5.08. The van der Waals surface area contributed by atoms with Crippen LogP contribution in [0.5, 0.6) is 0 Å². The lowest BCUT2D eigenvalue weighted by Gasteiger charge is -2.40. The number of fused-ring (bicyclic) bond motifs is 2. The molecule has 6 nitrogen and oxygen atoms in total. The first-order valence-electron chi connectivity index (χ1n) is 12.2.